The second-order valence-electron chi connectivity index (χ2n) is 4.31. The van der Waals surface area contributed by atoms with Crippen molar-refractivity contribution in [2.45, 2.75) is 13.0 Å². The van der Waals surface area contributed by atoms with Crippen molar-refractivity contribution < 1.29 is 27.4 Å². The fourth-order valence-electron chi connectivity index (χ4n) is 1.78. The highest BCUT2D eigenvalue weighted by Crippen LogP contribution is 2.29. The molecular weight excluding hydrogens is 303 g/mol. The van der Waals surface area contributed by atoms with E-state index in [4.69, 9.17) is 10.5 Å². The fraction of sp³-hybridized carbons (Fsp3) is 0.231. The van der Waals surface area contributed by atoms with Gasteiger partial charge >= 0.3 is 6.36 Å². The molecule has 1 aromatic carbocycles. The molecule has 0 aliphatic rings. The maximum absolute atomic E-state index is 12.4. The first-order valence-corrected chi connectivity index (χ1v) is 6.06. The van der Waals surface area contributed by atoms with Crippen LogP contribution in [0.5, 0.6) is 11.6 Å². The van der Waals surface area contributed by atoms with E-state index in [-0.39, 0.29) is 23.6 Å². The second kappa shape index (κ2) is 5.96. The van der Waals surface area contributed by atoms with Crippen LogP contribution in [0.1, 0.15) is 15.9 Å². The van der Waals surface area contributed by atoms with E-state index < -0.39 is 18.0 Å². The van der Waals surface area contributed by atoms with Crippen molar-refractivity contribution in [3.8, 4) is 11.6 Å². The predicted molar refractivity (Wildman–Crippen MR) is 69.2 cm³/mol. The zero-order valence-corrected chi connectivity index (χ0v) is 11.4. The van der Waals surface area contributed by atoms with Crippen LogP contribution >= 0.6 is 0 Å². The lowest BCUT2D eigenvalue weighted by molar-refractivity contribution is -0.275. The Labute approximate surface area is 123 Å². The molecular formula is C13H12F3N3O3. The summed E-state index contributed by atoms with van der Waals surface area (Å²) in [5.41, 5.74) is 4.96. The first kappa shape index (κ1) is 15.7. The number of primary amides is 1. The van der Waals surface area contributed by atoms with E-state index in [1.165, 1.54) is 22.9 Å². The molecule has 0 aliphatic carbocycles. The van der Waals surface area contributed by atoms with Gasteiger partial charge < -0.3 is 15.2 Å². The summed E-state index contributed by atoms with van der Waals surface area (Å²) in [7, 11) is 1.66. The van der Waals surface area contributed by atoms with Gasteiger partial charge in [0.1, 0.15) is 12.4 Å². The van der Waals surface area contributed by atoms with Gasteiger partial charge in [-0.25, -0.2) is 0 Å². The number of alkyl halides is 3. The fourth-order valence-corrected chi connectivity index (χ4v) is 1.78. The normalized spacial score (nSPS) is 11.3. The Bertz CT molecular complexity index is 683. The molecule has 0 spiro atoms. The second-order valence-corrected chi connectivity index (χ2v) is 4.31. The number of aryl methyl sites for hydroxylation is 1. The van der Waals surface area contributed by atoms with Gasteiger partial charge in [0.2, 0.25) is 11.8 Å². The van der Waals surface area contributed by atoms with E-state index in [0.717, 1.165) is 6.07 Å². The van der Waals surface area contributed by atoms with Crippen LogP contribution in [-0.4, -0.2) is 22.1 Å². The Morgan fingerprint density at radius 1 is 1.36 bits per heavy atom. The lowest BCUT2D eigenvalue weighted by Crippen LogP contribution is -2.21. The minimum absolute atomic E-state index is 0.0991. The van der Waals surface area contributed by atoms with Gasteiger partial charge in [-0.05, 0) is 12.1 Å². The molecule has 9 heteroatoms. The summed E-state index contributed by atoms with van der Waals surface area (Å²) < 4.78 is 47.9. The van der Waals surface area contributed by atoms with E-state index in [1.807, 2.05) is 0 Å². The molecule has 0 fully saturated rings. The van der Waals surface area contributed by atoms with Gasteiger partial charge in [0.05, 0.1) is 0 Å². The van der Waals surface area contributed by atoms with E-state index in [9.17, 15) is 18.0 Å². The van der Waals surface area contributed by atoms with Crippen molar-refractivity contribution >= 4 is 5.91 Å². The molecule has 0 aliphatic heterocycles. The molecule has 1 heterocycles. The van der Waals surface area contributed by atoms with Crippen LogP contribution < -0.4 is 15.2 Å². The Kier molecular flexibility index (Phi) is 4.25. The Morgan fingerprint density at radius 3 is 2.64 bits per heavy atom. The summed E-state index contributed by atoms with van der Waals surface area (Å²) in [5, 5.41) is 3.92. The average molecular weight is 315 g/mol. The quantitative estimate of drug-likeness (QED) is 0.915. The molecule has 0 saturated heterocycles. The molecule has 0 atom stereocenters. The van der Waals surface area contributed by atoms with Crippen molar-refractivity contribution in [1.29, 1.82) is 0 Å². The Balaban J connectivity index is 2.30. The molecule has 0 bridgehead atoms. The molecule has 1 amide bonds. The van der Waals surface area contributed by atoms with Crippen LogP contribution in [0.15, 0.2) is 30.5 Å². The van der Waals surface area contributed by atoms with Crippen LogP contribution in [0, 0.1) is 0 Å². The number of benzene rings is 1. The number of carbonyl (C=O) groups is 1. The summed E-state index contributed by atoms with van der Waals surface area (Å²) in [5.74, 6) is -1.23. The summed E-state index contributed by atoms with van der Waals surface area (Å²) in [6.07, 6.45) is -3.29. The minimum Gasteiger partial charge on any atom is -0.472 e. The van der Waals surface area contributed by atoms with Crippen molar-refractivity contribution in [2.24, 2.45) is 12.8 Å². The Morgan fingerprint density at radius 2 is 2.09 bits per heavy atom. The zero-order valence-electron chi connectivity index (χ0n) is 11.4. The molecule has 2 rings (SSSR count). The zero-order chi connectivity index (χ0) is 16.3. The number of hydrogen-bond donors (Lipinski definition) is 1. The Hall–Kier alpha value is -2.71. The molecule has 0 unspecified atom stereocenters. The van der Waals surface area contributed by atoms with E-state index in [0.29, 0.717) is 0 Å². The van der Waals surface area contributed by atoms with Crippen LogP contribution in [0.4, 0.5) is 13.2 Å². The number of halogens is 3. The molecule has 118 valence electrons. The van der Waals surface area contributed by atoms with E-state index in [1.54, 1.807) is 13.2 Å². The summed E-state index contributed by atoms with van der Waals surface area (Å²) in [4.78, 5) is 11.4. The predicted octanol–water partition coefficient (Wildman–Crippen LogP) is 2.00. The number of amides is 1. The highest BCUT2D eigenvalue weighted by molar-refractivity contribution is 5.95. The topological polar surface area (TPSA) is 79.4 Å². The number of rotatable bonds is 5. The van der Waals surface area contributed by atoms with E-state index >= 15 is 0 Å². The van der Waals surface area contributed by atoms with Gasteiger partial charge in [-0.2, -0.15) is 0 Å². The number of ether oxygens (including phenoxy) is 2. The number of nitrogens with two attached hydrogens (primary N) is 1. The summed E-state index contributed by atoms with van der Waals surface area (Å²) >= 11 is 0. The summed E-state index contributed by atoms with van der Waals surface area (Å²) in [6.45, 7) is -0.346. The van der Waals surface area contributed by atoms with Crippen LogP contribution in [0.2, 0.25) is 0 Å². The van der Waals surface area contributed by atoms with Gasteiger partial charge in [0.25, 0.3) is 0 Å². The SMILES string of the molecule is Cn1ccc(OCc2c(OC(F)(F)F)cccc2C(N)=O)n1. The van der Waals surface area contributed by atoms with Gasteiger partial charge in [-0.15, -0.1) is 18.3 Å². The van der Waals surface area contributed by atoms with Crippen molar-refractivity contribution in [3.05, 3.63) is 41.6 Å². The molecule has 1 aromatic heterocycles. The smallest absolute Gasteiger partial charge is 0.472 e. The molecule has 0 radical (unpaired) electrons. The first-order chi connectivity index (χ1) is 10.3. The van der Waals surface area contributed by atoms with Crippen LogP contribution in [0.25, 0.3) is 0 Å². The van der Waals surface area contributed by atoms with Crippen molar-refractivity contribution in [1.82, 2.24) is 9.78 Å². The lowest BCUT2D eigenvalue weighted by Gasteiger charge is -2.15. The highest BCUT2D eigenvalue weighted by atomic mass is 19.4. The lowest BCUT2D eigenvalue weighted by atomic mass is 10.1. The molecule has 2 aromatic rings. The third-order valence-electron chi connectivity index (χ3n) is 2.68. The highest BCUT2D eigenvalue weighted by Gasteiger charge is 2.33. The largest absolute Gasteiger partial charge is 0.573 e. The summed E-state index contributed by atoms with van der Waals surface area (Å²) in [6, 6.07) is 5.14. The third-order valence-corrected chi connectivity index (χ3v) is 2.68. The number of hydrogen-bond acceptors (Lipinski definition) is 4. The van der Waals surface area contributed by atoms with Gasteiger partial charge in [0, 0.05) is 30.4 Å². The maximum atomic E-state index is 12.4. The van der Waals surface area contributed by atoms with Crippen LogP contribution in [0.3, 0.4) is 0 Å². The number of aromatic nitrogens is 2. The maximum Gasteiger partial charge on any atom is 0.573 e. The first-order valence-electron chi connectivity index (χ1n) is 6.06. The van der Waals surface area contributed by atoms with Crippen molar-refractivity contribution in [2.75, 3.05) is 0 Å². The van der Waals surface area contributed by atoms with Crippen LogP contribution in [-0.2, 0) is 13.7 Å². The molecule has 22 heavy (non-hydrogen) atoms. The van der Waals surface area contributed by atoms with Gasteiger partial charge in [-0.1, -0.05) is 6.07 Å². The van der Waals surface area contributed by atoms with E-state index in [2.05, 4.69) is 9.84 Å². The van der Waals surface area contributed by atoms with Gasteiger partial charge in [0.15, 0.2) is 0 Å². The van der Waals surface area contributed by atoms with Crippen molar-refractivity contribution in [3.63, 3.8) is 0 Å². The minimum atomic E-state index is -4.89. The standard InChI is InChI=1S/C13H12F3N3O3/c1-19-6-5-11(18-19)21-7-9-8(12(17)20)3-2-4-10(9)22-13(14,15)16/h2-6H,7H2,1H3,(H2,17,20). The van der Waals surface area contributed by atoms with Gasteiger partial charge in [-0.3, -0.25) is 9.48 Å². The molecule has 6 nitrogen and oxygen atoms in total. The number of nitrogens with zero attached hydrogens (tertiary/aromatic N) is 2. The third kappa shape index (κ3) is 3.90. The average Bonchev–Trinajstić information content (AvgIpc) is 2.81. The molecule has 0 saturated carbocycles. The monoisotopic (exact) mass is 315 g/mol. The molecule has 2 N–H and O–H groups in total. The number of carbonyl (C=O) groups excluding carboxylic acids is 1.